The summed E-state index contributed by atoms with van der Waals surface area (Å²) in [6.07, 6.45) is 0. The second kappa shape index (κ2) is 12.1. The normalized spacial score (nSPS) is 12.7. The molecule has 0 aliphatic carbocycles. The van der Waals surface area contributed by atoms with Crippen molar-refractivity contribution < 1.29 is 9.07 Å². The molecule has 4 heteroatoms. The van der Waals surface area contributed by atoms with Gasteiger partial charge in [-0.1, -0.05) is 146 Å². The fourth-order valence-electron chi connectivity index (χ4n) is 9.14. The van der Waals surface area contributed by atoms with Crippen LogP contribution in [0.25, 0.3) is 77.2 Å². The highest BCUT2D eigenvalue weighted by atomic mass is 16.4. The fourth-order valence-corrected chi connectivity index (χ4v) is 9.14. The average Bonchev–Trinajstić information content (AvgIpc) is 3.65. The van der Waals surface area contributed by atoms with E-state index in [9.17, 15) is 0 Å². The Kier molecular flexibility index (Phi) is 6.72. The standard InChI is InChI=1S/C52H32BNO2/c1-4-14-33(15-5-1)37-25-27-47-43(31-37)50-49-42-22-12-13-23-46(42)55-48(49)32-45-52(50)53(56-47)51-41-21-11-10-20-36(41)24-26-44(51)54(45)40-29-38(34-16-6-2-7-17-34)28-39(30-40)35-18-8-3-9-19-35/h1-32H. The molecule has 1 aromatic heterocycles. The van der Waals surface area contributed by atoms with Crippen LogP contribution in [0.3, 0.4) is 0 Å². The predicted molar refractivity (Wildman–Crippen MR) is 233 cm³/mol. The Hall–Kier alpha value is -7.30. The number of fused-ring (bicyclic) bond motifs is 10. The number of furan rings is 1. The first-order valence-corrected chi connectivity index (χ1v) is 19.2. The molecule has 2 aliphatic rings. The van der Waals surface area contributed by atoms with Gasteiger partial charge in [0.05, 0.1) is 0 Å². The molecule has 0 spiro atoms. The van der Waals surface area contributed by atoms with Gasteiger partial charge in [0.1, 0.15) is 16.9 Å². The summed E-state index contributed by atoms with van der Waals surface area (Å²) in [5.74, 6) is 0.871. The minimum absolute atomic E-state index is 0.351. The van der Waals surface area contributed by atoms with E-state index < -0.39 is 0 Å². The van der Waals surface area contributed by atoms with Gasteiger partial charge >= 0.3 is 6.92 Å². The van der Waals surface area contributed by atoms with E-state index in [1.807, 2.05) is 0 Å². The smallest absolute Gasteiger partial charge is 0.432 e. The summed E-state index contributed by atoms with van der Waals surface area (Å²) in [6.45, 7) is -0.351. The molecule has 0 saturated carbocycles. The van der Waals surface area contributed by atoms with Crippen LogP contribution >= 0.6 is 0 Å². The molecule has 2 aliphatic heterocycles. The lowest BCUT2D eigenvalue weighted by Crippen LogP contribution is -2.56. The zero-order valence-electron chi connectivity index (χ0n) is 30.3. The summed E-state index contributed by atoms with van der Waals surface area (Å²) in [4.78, 5) is 2.46. The second-order valence-electron chi connectivity index (χ2n) is 14.8. The molecule has 0 amide bonds. The SMILES string of the molecule is c1ccc(-c2cc(-c3ccccc3)cc(N3c4cc5oc6ccccc6c5c5c4B(Oc4ccc(-c6ccccc6)cc4-5)c4c3ccc3ccccc43)c2)cc1. The summed E-state index contributed by atoms with van der Waals surface area (Å²) in [6, 6.07) is 69.5. The number of para-hydroxylation sites is 1. The third kappa shape index (κ3) is 4.66. The number of anilines is 3. The van der Waals surface area contributed by atoms with Crippen molar-refractivity contribution in [3.8, 4) is 50.3 Å². The van der Waals surface area contributed by atoms with Gasteiger partial charge in [-0.05, 0) is 92.2 Å². The Morgan fingerprint density at radius 3 is 1.75 bits per heavy atom. The van der Waals surface area contributed by atoms with Gasteiger partial charge in [0.2, 0.25) is 0 Å². The predicted octanol–water partition coefficient (Wildman–Crippen LogP) is 12.7. The number of nitrogens with zero attached hydrogens (tertiary/aromatic N) is 1. The van der Waals surface area contributed by atoms with E-state index in [0.29, 0.717) is 0 Å². The van der Waals surface area contributed by atoms with E-state index in [1.54, 1.807) is 0 Å². The molecule has 56 heavy (non-hydrogen) atoms. The van der Waals surface area contributed by atoms with Crippen LogP contribution in [0.4, 0.5) is 17.1 Å². The molecule has 12 rings (SSSR count). The molecule has 3 heterocycles. The summed E-state index contributed by atoms with van der Waals surface area (Å²) >= 11 is 0. The molecule has 0 unspecified atom stereocenters. The lowest BCUT2D eigenvalue weighted by Gasteiger charge is -2.40. The number of hydrogen-bond donors (Lipinski definition) is 0. The van der Waals surface area contributed by atoms with Crippen LogP contribution in [0.2, 0.25) is 0 Å². The number of rotatable bonds is 4. The zero-order valence-corrected chi connectivity index (χ0v) is 30.3. The first kappa shape index (κ1) is 31.1. The summed E-state index contributed by atoms with van der Waals surface area (Å²) in [5.41, 5.74) is 16.4. The molecule has 9 aromatic carbocycles. The Morgan fingerprint density at radius 1 is 0.411 bits per heavy atom. The molecule has 10 aromatic rings. The van der Waals surface area contributed by atoms with Gasteiger partial charge in [0, 0.05) is 50.4 Å². The van der Waals surface area contributed by atoms with Crippen molar-refractivity contribution in [2.45, 2.75) is 0 Å². The van der Waals surface area contributed by atoms with E-state index in [4.69, 9.17) is 9.07 Å². The molecule has 0 bridgehead atoms. The van der Waals surface area contributed by atoms with Crippen LogP contribution in [-0.4, -0.2) is 6.92 Å². The monoisotopic (exact) mass is 713 g/mol. The molecular weight excluding hydrogens is 681 g/mol. The van der Waals surface area contributed by atoms with Crippen molar-refractivity contribution in [3.63, 3.8) is 0 Å². The van der Waals surface area contributed by atoms with Crippen LogP contribution in [0.15, 0.2) is 199 Å². The molecule has 3 nitrogen and oxygen atoms in total. The van der Waals surface area contributed by atoms with Crippen molar-refractivity contribution in [2.24, 2.45) is 0 Å². The van der Waals surface area contributed by atoms with E-state index in [-0.39, 0.29) is 6.92 Å². The molecule has 0 saturated heterocycles. The molecule has 0 fully saturated rings. The lowest BCUT2D eigenvalue weighted by molar-refractivity contribution is 0.590. The molecule has 0 N–H and O–H groups in total. The summed E-state index contributed by atoms with van der Waals surface area (Å²) in [5, 5.41) is 4.58. The maximum atomic E-state index is 7.32. The van der Waals surface area contributed by atoms with Gasteiger partial charge in [-0.15, -0.1) is 0 Å². The Bertz CT molecular complexity index is 3120. The van der Waals surface area contributed by atoms with Crippen molar-refractivity contribution in [1.29, 1.82) is 0 Å². The number of benzene rings is 9. The van der Waals surface area contributed by atoms with E-state index >= 15 is 0 Å². The first-order valence-electron chi connectivity index (χ1n) is 19.2. The minimum atomic E-state index is -0.351. The van der Waals surface area contributed by atoms with Gasteiger partial charge < -0.3 is 14.0 Å². The van der Waals surface area contributed by atoms with Crippen molar-refractivity contribution in [1.82, 2.24) is 0 Å². The van der Waals surface area contributed by atoms with Crippen LogP contribution in [0.1, 0.15) is 0 Å². The van der Waals surface area contributed by atoms with Gasteiger partial charge in [-0.2, -0.15) is 0 Å². The largest absolute Gasteiger partial charge is 0.551 e. The Morgan fingerprint density at radius 2 is 1.04 bits per heavy atom. The van der Waals surface area contributed by atoms with Gasteiger partial charge in [-0.3, -0.25) is 0 Å². The topological polar surface area (TPSA) is 25.6 Å². The van der Waals surface area contributed by atoms with Crippen LogP contribution in [-0.2, 0) is 0 Å². The van der Waals surface area contributed by atoms with E-state index in [1.165, 1.54) is 27.5 Å². The zero-order chi connectivity index (χ0) is 36.7. The lowest BCUT2D eigenvalue weighted by atomic mass is 9.48. The fraction of sp³-hybridized carbons (Fsp3) is 0. The van der Waals surface area contributed by atoms with E-state index in [2.05, 4.69) is 199 Å². The maximum absolute atomic E-state index is 7.32. The molecule has 260 valence electrons. The quantitative estimate of drug-likeness (QED) is 0.170. The van der Waals surface area contributed by atoms with Crippen molar-refractivity contribution in [3.05, 3.63) is 194 Å². The Balaban J connectivity index is 1.22. The highest BCUT2D eigenvalue weighted by Gasteiger charge is 2.45. The third-order valence-corrected chi connectivity index (χ3v) is 11.6. The van der Waals surface area contributed by atoms with Gasteiger partial charge in [0.15, 0.2) is 0 Å². The van der Waals surface area contributed by atoms with Crippen LogP contribution < -0.4 is 20.5 Å². The maximum Gasteiger partial charge on any atom is 0.432 e. The Labute approximate surface area is 324 Å². The summed E-state index contributed by atoms with van der Waals surface area (Å²) in [7, 11) is 0. The third-order valence-electron chi connectivity index (χ3n) is 11.6. The van der Waals surface area contributed by atoms with Crippen LogP contribution in [0.5, 0.6) is 5.75 Å². The molecular formula is C52H32BNO2. The van der Waals surface area contributed by atoms with Gasteiger partial charge in [-0.25, -0.2) is 0 Å². The van der Waals surface area contributed by atoms with Crippen molar-refractivity contribution >= 4 is 67.6 Å². The van der Waals surface area contributed by atoms with Crippen molar-refractivity contribution in [2.75, 3.05) is 4.90 Å². The highest BCUT2D eigenvalue weighted by Crippen LogP contribution is 2.50. The summed E-state index contributed by atoms with van der Waals surface area (Å²) < 4.78 is 14.1. The average molecular weight is 714 g/mol. The minimum Gasteiger partial charge on any atom is -0.551 e. The second-order valence-corrected chi connectivity index (χ2v) is 14.8. The van der Waals surface area contributed by atoms with Gasteiger partial charge in [0.25, 0.3) is 0 Å². The number of hydrogen-bond acceptors (Lipinski definition) is 3. The molecule has 0 radical (unpaired) electrons. The van der Waals surface area contributed by atoms with E-state index in [0.717, 1.165) is 83.5 Å². The highest BCUT2D eigenvalue weighted by molar-refractivity contribution is 6.88. The van der Waals surface area contributed by atoms with Crippen LogP contribution in [0, 0.1) is 0 Å². The first-order chi connectivity index (χ1) is 27.8. The molecule has 0 atom stereocenters.